The molecule has 0 spiro atoms. The van der Waals surface area contributed by atoms with Crippen LogP contribution < -0.4 is 16.1 Å². The molecular formula is C11H11NO. The fourth-order valence-corrected chi connectivity index (χ4v) is 1.45. The van der Waals surface area contributed by atoms with E-state index in [1.54, 1.807) is 6.07 Å². The summed E-state index contributed by atoms with van der Waals surface area (Å²) in [5, 5.41) is 1.99. The number of hydrogen-bond acceptors (Lipinski definition) is 1. The van der Waals surface area contributed by atoms with E-state index < -0.39 is 0 Å². The number of H-pyrrole nitrogens is 1. The highest BCUT2D eigenvalue weighted by molar-refractivity contribution is 5.43. The van der Waals surface area contributed by atoms with E-state index in [0.717, 1.165) is 10.6 Å². The number of pyridine rings is 1. The van der Waals surface area contributed by atoms with Crippen LogP contribution >= 0.6 is 0 Å². The summed E-state index contributed by atoms with van der Waals surface area (Å²) in [6, 6.07) is 3.41. The predicted molar refractivity (Wildman–Crippen MR) is 53.5 cm³/mol. The fraction of sp³-hybridized carbons (Fsp3) is 0.182. The van der Waals surface area contributed by atoms with Crippen LogP contribution in [0.1, 0.15) is 6.92 Å². The van der Waals surface area contributed by atoms with E-state index in [9.17, 15) is 4.79 Å². The maximum absolute atomic E-state index is 11.0. The largest absolute Gasteiger partial charge is 0.322 e. The van der Waals surface area contributed by atoms with Gasteiger partial charge in [-0.15, -0.1) is 0 Å². The second kappa shape index (κ2) is 3.05. The molecule has 0 aromatic carbocycles. The number of aromatic nitrogens is 1. The smallest absolute Gasteiger partial charge is 0.248 e. The first-order valence-electron chi connectivity index (χ1n) is 4.35. The van der Waals surface area contributed by atoms with E-state index in [0.29, 0.717) is 5.92 Å². The number of allylic oxidation sites excluding steroid dienone is 2. The van der Waals surface area contributed by atoms with Crippen LogP contribution in [-0.2, 0) is 0 Å². The Morgan fingerprint density at radius 2 is 2.23 bits per heavy atom. The van der Waals surface area contributed by atoms with E-state index in [1.807, 2.05) is 18.2 Å². The first-order valence-corrected chi connectivity index (χ1v) is 4.35. The highest BCUT2D eigenvalue weighted by atomic mass is 16.1. The summed E-state index contributed by atoms with van der Waals surface area (Å²) in [6.07, 6.45) is 8.13. The first-order chi connectivity index (χ1) is 6.25. The highest BCUT2D eigenvalue weighted by Gasteiger charge is 1.95. The minimum Gasteiger partial charge on any atom is -0.322 e. The van der Waals surface area contributed by atoms with Crippen molar-refractivity contribution in [2.45, 2.75) is 6.92 Å². The molecule has 2 nitrogen and oxygen atoms in total. The summed E-state index contributed by atoms with van der Waals surface area (Å²) in [5.41, 5.74) is -0.0497. The van der Waals surface area contributed by atoms with Gasteiger partial charge in [-0.25, -0.2) is 0 Å². The monoisotopic (exact) mass is 173 g/mol. The maximum atomic E-state index is 11.0. The average molecular weight is 173 g/mol. The molecule has 2 rings (SSSR count). The van der Waals surface area contributed by atoms with Crippen molar-refractivity contribution in [2.24, 2.45) is 5.92 Å². The summed E-state index contributed by atoms with van der Waals surface area (Å²) < 4.78 is 0. The predicted octanol–water partition coefficient (Wildman–Crippen LogP) is 0.142. The maximum Gasteiger partial charge on any atom is 0.248 e. The van der Waals surface area contributed by atoms with Crippen LogP contribution in [-0.4, -0.2) is 4.98 Å². The minimum absolute atomic E-state index is 0.0497. The quantitative estimate of drug-likeness (QED) is 0.595. The van der Waals surface area contributed by atoms with Crippen LogP contribution in [0, 0.1) is 5.92 Å². The van der Waals surface area contributed by atoms with E-state index in [1.165, 1.54) is 0 Å². The van der Waals surface area contributed by atoms with Crippen molar-refractivity contribution >= 4 is 12.2 Å². The Morgan fingerprint density at radius 3 is 3.08 bits per heavy atom. The van der Waals surface area contributed by atoms with Gasteiger partial charge in [0, 0.05) is 11.4 Å². The Hall–Kier alpha value is -1.57. The normalized spacial score (nSPS) is 19.6. The zero-order chi connectivity index (χ0) is 9.26. The first kappa shape index (κ1) is 8.05. The Kier molecular flexibility index (Phi) is 1.89. The summed E-state index contributed by atoms with van der Waals surface area (Å²) in [4.78, 5) is 13.8. The zero-order valence-electron chi connectivity index (χ0n) is 7.45. The molecule has 0 saturated carbocycles. The van der Waals surface area contributed by atoms with Crippen LogP contribution in [0.15, 0.2) is 29.1 Å². The standard InChI is InChI=1S/C11H11NO/c1-8-3-2-4-10-9(7-8)5-6-11(13)12-10/h2-8H,1H3,(H,12,13). The average Bonchev–Trinajstić information content (AvgIpc) is 2.25. The molecule has 1 aromatic heterocycles. The Labute approximate surface area is 75.9 Å². The van der Waals surface area contributed by atoms with Gasteiger partial charge >= 0.3 is 0 Å². The van der Waals surface area contributed by atoms with Gasteiger partial charge in [0.25, 0.3) is 0 Å². The molecule has 1 heterocycles. The van der Waals surface area contributed by atoms with Crippen molar-refractivity contribution in [3.63, 3.8) is 0 Å². The molecular weight excluding hydrogens is 162 g/mol. The lowest BCUT2D eigenvalue weighted by atomic mass is 10.1. The van der Waals surface area contributed by atoms with Gasteiger partial charge in [0.15, 0.2) is 0 Å². The number of nitrogens with one attached hydrogen (secondary N) is 1. The van der Waals surface area contributed by atoms with Crippen LogP contribution in [0.4, 0.5) is 0 Å². The van der Waals surface area contributed by atoms with E-state index in [4.69, 9.17) is 0 Å². The Bertz CT molecular complexity index is 508. The van der Waals surface area contributed by atoms with Crippen LogP contribution in [0.3, 0.4) is 0 Å². The van der Waals surface area contributed by atoms with Gasteiger partial charge < -0.3 is 4.98 Å². The second-order valence-electron chi connectivity index (χ2n) is 3.27. The molecule has 1 aliphatic rings. The fourth-order valence-electron chi connectivity index (χ4n) is 1.45. The summed E-state index contributed by atoms with van der Waals surface area (Å²) in [5.74, 6) is 0.420. The Morgan fingerprint density at radius 1 is 1.38 bits per heavy atom. The second-order valence-corrected chi connectivity index (χ2v) is 3.27. The summed E-state index contributed by atoms with van der Waals surface area (Å²) in [7, 11) is 0. The minimum atomic E-state index is -0.0497. The van der Waals surface area contributed by atoms with Crippen LogP contribution in [0.5, 0.6) is 0 Å². The van der Waals surface area contributed by atoms with Crippen molar-refractivity contribution in [3.8, 4) is 0 Å². The summed E-state index contributed by atoms with van der Waals surface area (Å²) in [6.45, 7) is 2.12. The molecule has 0 aliphatic heterocycles. The third-order valence-electron chi connectivity index (χ3n) is 2.10. The molecule has 0 saturated heterocycles. The lowest BCUT2D eigenvalue weighted by Crippen LogP contribution is -2.33. The molecule has 1 aromatic rings. The zero-order valence-corrected chi connectivity index (χ0v) is 7.45. The van der Waals surface area contributed by atoms with Crippen molar-refractivity contribution in [1.82, 2.24) is 4.98 Å². The van der Waals surface area contributed by atoms with Crippen molar-refractivity contribution < 1.29 is 0 Å². The lowest BCUT2D eigenvalue weighted by Gasteiger charge is -1.93. The Balaban J connectivity index is 2.82. The molecule has 0 amide bonds. The van der Waals surface area contributed by atoms with Gasteiger partial charge in [-0.2, -0.15) is 0 Å². The molecule has 1 N–H and O–H groups in total. The lowest BCUT2D eigenvalue weighted by molar-refractivity contribution is 0.995. The topological polar surface area (TPSA) is 32.9 Å². The van der Waals surface area contributed by atoms with Gasteiger partial charge in [0.1, 0.15) is 0 Å². The molecule has 66 valence electrons. The van der Waals surface area contributed by atoms with Gasteiger partial charge in [-0.1, -0.05) is 25.2 Å². The number of hydrogen-bond donors (Lipinski definition) is 1. The molecule has 1 atom stereocenters. The van der Waals surface area contributed by atoms with E-state index >= 15 is 0 Å². The van der Waals surface area contributed by atoms with Crippen LogP contribution in [0.25, 0.3) is 12.2 Å². The molecule has 0 bridgehead atoms. The molecule has 1 unspecified atom stereocenters. The number of fused-ring (bicyclic) bond motifs is 1. The van der Waals surface area contributed by atoms with Gasteiger partial charge in [0.05, 0.1) is 0 Å². The molecule has 1 aliphatic carbocycles. The summed E-state index contributed by atoms with van der Waals surface area (Å²) >= 11 is 0. The van der Waals surface area contributed by atoms with Gasteiger partial charge in [-0.3, -0.25) is 4.79 Å². The molecule has 2 heteroatoms. The van der Waals surface area contributed by atoms with Crippen molar-refractivity contribution in [1.29, 1.82) is 0 Å². The van der Waals surface area contributed by atoms with Gasteiger partial charge in [-0.05, 0) is 23.3 Å². The highest BCUT2D eigenvalue weighted by Crippen LogP contribution is 1.99. The van der Waals surface area contributed by atoms with Crippen molar-refractivity contribution in [3.05, 3.63) is 45.2 Å². The van der Waals surface area contributed by atoms with Gasteiger partial charge in [0.2, 0.25) is 5.56 Å². The van der Waals surface area contributed by atoms with Crippen LogP contribution in [0.2, 0.25) is 0 Å². The molecule has 0 radical (unpaired) electrons. The van der Waals surface area contributed by atoms with Crippen molar-refractivity contribution in [2.75, 3.05) is 0 Å². The number of aromatic amines is 1. The SMILES string of the molecule is CC1C=CC=c2[nH]c(=O)ccc2=C1. The van der Waals surface area contributed by atoms with E-state index in [-0.39, 0.29) is 5.56 Å². The molecule has 13 heavy (non-hydrogen) atoms. The number of rotatable bonds is 0. The third kappa shape index (κ3) is 1.61. The molecule has 0 fully saturated rings. The third-order valence-corrected chi connectivity index (χ3v) is 2.10. The van der Waals surface area contributed by atoms with E-state index in [2.05, 4.69) is 24.1 Å².